The maximum atomic E-state index is 12.9. The first-order chi connectivity index (χ1) is 17.0. The van der Waals surface area contributed by atoms with E-state index in [9.17, 15) is 24.0 Å². The van der Waals surface area contributed by atoms with E-state index in [2.05, 4.69) is 0 Å². The van der Waals surface area contributed by atoms with Crippen molar-refractivity contribution in [2.75, 3.05) is 19.7 Å². The molecule has 1 saturated heterocycles. The Bertz CT molecular complexity index is 977. The molecule has 1 aromatic rings. The normalized spacial score (nSPS) is 23.2. The molecule has 36 heavy (non-hydrogen) atoms. The number of rotatable bonds is 9. The van der Waals surface area contributed by atoms with Gasteiger partial charge in [-0.1, -0.05) is 0 Å². The fourth-order valence-electron chi connectivity index (χ4n) is 3.92. The average molecular weight is 510 g/mol. The topological polar surface area (TPSA) is 139 Å². The van der Waals surface area contributed by atoms with E-state index in [0.29, 0.717) is 18.7 Å². The molecule has 1 aliphatic rings. The molecule has 0 saturated carbocycles. The van der Waals surface area contributed by atoms with Crippen molar-refractivity contribution in [1.82, 2.24) is 4.90 Å². The fourth-order valence-corrected chi connectivity index (χ4v) is 3.92. The van der Waals surface area contributed by atoms with Crippen LogP contribution in [0.2, 0.25) is 0 Å². The fraction of sp³-hybridized carbons (Fsp3) is 0.583. The summed E-state index contributed by atoms with van der Waals surface area (Å²) in [6.07, 6.45) is -2.95. The maximum Gasteiger partial charge on any atom is 0.304 e. The number of aromatic nitrogens is 1. The van der Waals surface area contributed by atoms with Gasteiger partial charge in [-0.05, 0) is 19.9 Å². The van der Waals surface area contributed by atoms with E-state index in [-0.39, 0.29) is 12.5 Å². The van der Waals surface area contributed by atoms with E-state index in [1.165, 1.54) is 24.6 Å². The molecule has 0 aliphatic carbocycles. The lowest BCUT2D eigenvalue weighted by Crippen LogP contribution is -2.65. The zero-order valence-corrected chi connectivity index (χ0v) is 21.3. The lowest BCUT2D eigenvalue weighted by molar-refractivity contribution is -0.777. The van der Waals surface area contributed by atoms with Crippen molar-refractivity contribution >= 4 is 29.8 Å². The van der Waals surface area contributed by atoms with Crippen LogP contribution in [-0.2, 0) is 42.9 Å². The highest BCUT2D eigenvalue weighted by Crippen LogP contribution is 2.32. The van der Waals surface area contributed by atoms with Crippen LogP contribution in [0.25, 0.3) is 0 Å². The summed E-state index contributed by atoms with van der Waals surface area (Å²) < 4.78 is 29.0. The van der Waals surface area contributed by atoms with Crippen molar-refractivity contribution in [2.24, 2.45) is 0 Å². The molecule has 0 radical (unpaired) electrons. The summed E-state index contributed by atoms with van der Waals surface area (Å²) in [7, 11) is 0. The lowest BCUT2D eigenvalue weighted by Gasteiger charge is -2.41. The second kappa shape index (κ2) is 13.0. The van der Waals surface area contributed by atoms with Gasteiger partial charge in [0.2, 0.25) is 6.10 Å². The summed E-state index contributed by atoms with van der Waals surface area (Å²) in [4.78, 5) is 61.9. The van der Waals surface area contributed by atoms with Crippen molar-refractivity contribution in [1.29, 1.82) is 0 Å². The Morgan fingerprint density at radius 2 is 1.42 bits per heavy atom. The SMILES string of the molecule is CCN(CC)C(=O)c1ccc[n+]([C@@H]2O[C@@H](COC(C)=O)[C@@H](OC(C)=O)[C@@H](OC(C)=O)[C@H]2OC(C)=O)c1. The third-order valence-corrected chi connectivity index (χ3v) is 5.38. The molecule has 0 N–H and O–H groups in total. The predicted octanol–water partition coefficient (Wildman–Crippen LogP) is 0.712. The van der Waals surface area contributed by atoms with E-state index >= 15 is 0 Å². The number of amides is 1. The molecule has 1 aromatic heterocycles. The average Bonchev–Trinajstić information content (AvgIpc) is 2.80. The number of esters is 4. The van der Waals surface area contributed by atoms with Crippen molar-refractivity contribution in [2.45, 2.75) is 72.2 Å². The first-order valence-electron chi connectivity index (χ1n) is 11.6. The number of carbonyl (C=O) groups excluding carboxylic acids is 5. The number of hydrogen-bond donors (Lipinski definition) is 0. The van der Waals surface area contributed by atoms with Crippen LogP contribution in [0.5, 0.6) is 0 Å². The Labute approximate surface area is 209 Å². The third kappa shape index (κ3) is 7.48. The van der Waals surface area contributed by atoms with Crippen LogP contribution in [0.1, 0.15) is 58.1 Å². The lowest BCUT2D eigenvalue weighted by atomic mass is 9.97. The summed E-state index contributed by atoms with van der Waals surface area (Å²) in [6, 6.07) is 3.24. The zero-order valence-electron chi connectivity index (χ0n) is 21.3. The standard InChI is InChI=1S/C24H33N2O10/c1-7-25(8-2)23(31)18-10-9-11-26(12-18)24-22(35-17(6)30)21(34-16(5)29)20(33-15(4)28)19(36-24)13-32-14(3)27/h9-12,19-22,24H,7-8,13H2,1-6H3/q+1/t19-,20+,21+,22+,24+/m0/s1. The molecule has 0 aromatic carbocycles. The Balaban J connectivity index is 2.59. The van der Waals surface area contributed by atoms with Crippen molar-refractivity contribution in [3.05, 3.63) is 30.1 Å². The van der Waals surface area contributed by atoms with Gasteiger partial charge in [0.25, 0.3) is 5.91 Å². The quantitative estimate of drug-likeness (QED) is 0.266. The van der Waals surface area contributed by atoms with Crippen molar-refractivity contribution in [3.63, 3.8) is 0 Å². The summed E-state index contributed by atoms with van der Waals surface area (Å²) >= 11 is 0. The van der Waals surface area contributed by atoms with Gasteiger partial charge in [0.05, 0.1) is 0 Å². The Morgan fingerprint density at radius 3 is 1.94 bits per heavy atom. The summed E-state index contributed by atoms with van der Waals surface area (Å²) in [5, 5.41) is 0. The number of hydrogen-bond acceptors (Lipinski definition) is 10. The molecule has 1 amide bonds. The largest absolute Gasteiger partial charge is 0.463 e. The molecule has 2 rings (SSSR count). The first-order valence-corrected chi connectivity index (χ1v) is 11.6. The van der Waals surface area contributed by atoms with Crippen LogP contribution in [0.15, 0.2) is 24.5 Å². The van der Waals surface area contributed by atoms with Gasteiger partial charge in [-0.2, -0.15) is 4.57 Å². The molecule has 0 unspecified atom stereocenters. The number of ether oxygens (including phenoxy) is 5. The zero-order chi connectivity index (χ0) is 27.0. The molecule has 0 spiro atoms. The summed E-state index contributed by atoms with van der Waals surface area (Å²) in [5.74, 6) is -2.98. The van der Waals surface area contributed by atoms with Crippen molar-refractivity contribution in [3.8, 4) is 0 Å². The van der Waals surface area contributed by atoms with Gasteiger partial charge in [-0.3, -0.25) is 24.0 Å². The highest BCUT2D eigenvalue weighted by Gasteiger charge is 2.56. The van der Waals surface area contributed by atoms with Crippen LogP contribution >= 0.6 is 0 Å². The second-order valence-corrected chi connectivity index (χ2v) is 8.11. The third-order valence-electron chi connectivity index (χ3n) is 5.38. The van der Waals surface area contributed by atoms with Gasteiger partial charge in [-0.25, -0.2) is 0 Å². The van der Waals surface area contributed by atoms with Crippen LogP contribution < -0.4 is 4.57 Å². The summed E-state index contributed by atoms with van der Waals surface area (Å²) in [5.41, 5.74) is 0.342. The van der Waals surface area contributed by atoms with Gasteiger partial charge in [0.1, 0.15) is 18.3 Å². The molecule has 12 nitrogen and oxygen atoms in total. The molecular formula is C24H33N2O10+. The molecular weight excluding hydrogens is 476 g/mol. The Kier molecular flexibility index (Phi) is 10.3. The van der Waals surface area contributed by atoms with Gasteiger partial charge in [0, 0.05) is 46.9 Å². The van der Waals surface area contributed by atoms with Gasteiger partial charge in [0.15, 0.2) is 24.6 Å². The molecule has 1 fully saturated rings. The van der Waals surface area contributed by atoms with E-state index < -0.39 is 54.5 Å². The monoisotopic (exact) mass is 509 g/mol. The van der Waals surface area contributed by atoms with Gasteiger partial charge < -0.3 is 28.6 Å². The van der Waals surface area contributed by atoms with Gasteiger partial charge in [-0.15, -0.1) is 0 Å². The smallest absolute Gasteiger partial charge is 0.304 e. The van der Waals surface area contributed by atoms with Gasteiger partial charge >= 0.3 is 30.1 Å². The first kappa shape index (κ1) is 28.7. The highest BCUT2D eigenvalue weighted by atomic mass is 16.7. The maximum absolute atomic E-state index is 12.9. The molecule has 2 heterocycles. The predicted molar refractivity (Wildman–Crippen MR) is 121 cm³/mol. The number of pyridine rings is 1. The second-order valence-electron chi connectivity index (χ2n) is 8.11. The minimum atomic E-state index is -1.30. The minimum absolute atomic E-state index is 0.222. The van der Waals surface area contributed by atoms with Crippen LogP contribution in [-0.4, -0.2) is 78.8 Å². The van der Waals surface area contributed by atoms with Crippen LogP contribution in [0.4, 0.5) is 0 Å². The minimum Gasteiger partial charge on any atom is -0.463 e. The number of carbonyl (C=O) groups is 5. The Morgan fingerprint density at radius 1 is 0.861 bits per heavy atom. The molecule has 5 atom stereocenters. The van der Waals surface area contributed by atoms with Crippen molar-refractivity contribution < 1.29 is 52.2 Å². The van der Waals surface area contributed by atoms with E-state index in [0.717, 1.165) is 13.8 Å². The molecule has 1 aliphatic heterocycles. The van der Waals surface area contributed by atoms with E-state index in [1.54, 1.807) is 23.2 Å². The van der Waals surface area contributed by atoms with E-state index in [4.69, 9.17) is 23.7 Å². The Hall–Kier alpha value is -3.54. The molecule has 0 bridgehead atoms. The summed E-state index contributed by atoms with van der Waals surface area (Å²) in [6.45, 7) is 9.05. The van der Waals surface area contributed by atoms with Crippen LogP contribution in [0, 0.1) is 0 Å². The number of nitrogens with zero attached hydrogens (tertiary/aromatic N) is 2. The molecule has 198 valence electrons. The van der Waals surface area contributed by atoms with Crippen LogP contribution in [0.3, 0.4) is 0 Å². The van der Waals surface area contributed by atoms with E-state index in [1.807, 2.05) is 13.8 Å². The highest BCUT2D eigenvalue weighted by molar-refractivity contribution is 5.93. The molecule has 12 heteroatoms.